The molecule has 0 bridgehead atoms. The lowest BCUT2D eigenvalue weighted by atomic mass is 9.84. The van der Waals surface area contributed by atoms with Crippen molar-refractivity contribution in [3.8, 4) is 0 Å². The van der Waals surface area contributed by atoms with E-state index in [4.69, 9.17) is 11.5 Å². The first-order valence-electron chi connectivity index (χ1n) is 10.6. The van der Waals surface area contributed by atoms with Crippen LogP contribution in [-0.4, -0.2) is 86.1 Å². The van der Waals surface area contributed by atoms with Crippen molar-refractivity contribution in [3.05, 3.63) is 34.9 Å². The Bertz CT molecular complexity index is 1160. The van der Waals surface area contributed by atoms with Crippen LogP contribution in [0.1, 0.15) is 27.9 Å². The number of aryl methyl sites for hydroxylation is 1. The van der Waals surface area contributed by atoms with Gasteiger partial charge in [-0.3, -0.25) is 4.79 Å². The van der Waals surface area contributed by atoms with E-state index in [-0.39, 0.29) is 42.4 Å². The number of rotatable bonds is 3. The van der Waals surface area contributed by atoms with Crippen molar-refractivity contribution in [1.82, 2.24) is 15.5 Å². The lowest BCUT2D eigenvalue weighted by molar-refractivity contribution is -0.230. The number of benzene rings is 1. The molecule has 4 aliphatic rings. The number of carboxylic acids is 1. The van der Waals surface area contributed by atoms with E-state index in [1.54, 1.807) is 12.1 Å². The maximum Gasteiger partial charge on any atom is 0.331 e. The van der Waals surface area contributed by atoms with Gasteiger partial charge in [-0.2, -0.15) is 0 Å². The summed E-state index contributed by atoms with van der Waals surface area (Å²) >= 11 is 0. The Morgan fingerprint density at radius 3 is 2.68 bits per heavy atom. The van der Waals surface area contributed by atoms with Gasteiger partial charge in [-0.1, -0.05) is 12.1 Å². The highest BCUT2D eigenvalue weighted by atomic mass is 19.3. The molecule has 3 aliphatic heterocycles. The third-order valence-corrected chi connectivity index (χ3v) is 6.98. The van der Waals surface area contributed by atoms with E-state index in [9.17, 15) is 33.7 Å². The summed E-state index contributed by atoms with van der Waals surface area (Å²) in [7, 11) is 0. The summed E-state index contributed by atoms with van der Waals surface area (Å²) in [5.41, 5.74) is 10.5. The number of nitrogens with zero attached hydrogens (tertiary/aromatic N) is 3. The summed E-state index contributed by atoms with van der Waals surface area (Å²) in [6, 6.07) is 0.260. The topological polar surface area (TPSA) is 199 Å². The molecular formula is C20H23F2N7O5. The zero-order valence-corrected chi connectivity index (χ0v) is 17.7. The highest BCUT2D eigenvalue weighted by molar-refractivity contribution is 5.97. The fraction of sp³-hybridized carbons (Fsp3) is 0.500. The zero-order valence-electron chi connectivity index (χ0n) is 17.7. The highest BCUT2D eigenvalue weighted by Gasteiger charge is 2.74. The van der Waals surface area contributed by atoms with E-state index in [1.165, 1.54) is 11.0 Å². The van der Waals surface area contributed by atoms with E-state index in [0.29, 0.717) is 5.56 Å². The number of nitrogens with two attached hydrogens (primary N) is 2. The number of carboxylic acid groups (broad SMARTS) is 1. The number of guanidine groups is 2. The molecule has 4 atom stereocenters. The molecule has 5 rings (SSSR count). The number of aliphatic hydroxyl groups is 2. The van der Waals surface area contributed by atoms with Crippen molar-refractivity contribution >= 4 is 23.8 Å². The molecule has 3 heterocycles. The van der Waals surface area contributed by atoms with Crippen molar-refractivity contribution < 1.29 is 33.7 Å². The Morgan fingerprint density at radius 1 is 1.24 bits per heavy atom. The van der Waals surface area contributed by atoms with Crippen LogP contribution in [0.3, 0.4) is 0 Å². The van der Waals surface area contributed by atoms with Crippen molar-refractivity contribution in [3.63, 3.8) is 0 Å². The van der Waals surface area contributed by atoms with Gasteiger partial charge in [0.1, 0.15) is 12.1 Å². The Hall–Kier alpha value is -3.52. The molecule has 12 nitrogen and oxygen atoms in total. The highest BCUT2D eigenvalue weighted by Crippen LogP contribution is 2.45. The standard InChI is InChI=1S/C20H23F2N7O5/c21-18(22)5-4-8-2-1-3-9(10(8)6-18)14(30)25-11-7-29-17(24)26-12(15(31)32)13-19(29,20(11,33)34)28-16(23)27-13/h1-3,11-13,33-34H,4-7H2,(H2,24,26)(H,25,30)(H,31,32)(H3,23,27,28)/t11-,12+,13?,19?/m0/s1. The molecule has 1 amide bonds. The van der Waals surface area contributed by atoms with E-state index in [1.807, 2.05) is 0 Å². The number of aliphatic carboxylic acids is 1. The van der Waals surface area contributed by atoms with Crippen LogP contribution in [0.25, 0.3) is 0 Å². The Labute approximate surface area is 191 Å². The minimum absolute atomic E-state index is 0.00760. The number of carbonyl (C=O) groups excluding carboxylic acids is 1. The molecule has 9 N–H and O–H groups in total. The molecule has 1 aromatic carbocycles. The van der Waals surface area contributed by atoms with E-state index in [0.717, 1.165) is 0 Å². The van der Waals surface area contributed by atoms with Crippen LogP contribution in [0.2, 0.25) is 0 Å². The third-order valence-electron chi connectivity index (χ3n) is 6.98. The number of carbonyl (C=O) groups is 2. The van der Waals surface area contributed by atoms with Gasteiger partial charge in [0.05, 0.1) is 0 Å². The molecule has 2 unspecified atom stereocenters. The summed E-state index contributed by atoms with van der Waals surface area (Å²) in [4.78, 5) is 34.0. The minimum Gasteiger partial charge on any atom is -0.480 e. The SMILES string of the molecule is NC1=NC2[C@H](C(=O)O)N=C(N)N3C[C@H](NC(=O)c4cccc5c4CC(F)(F)CC5)C(O)(O)C23N1. The lowest BCUT2D eigenvalue weighted by Gasteiger charge is -2.48. The van der Waals surface area contributed by atoms with Crippen molar-refractivity contribution in [2.45, 2.75) is 54.8 Å². The normalized spacial score (nSPS) is 32.5. The number of hydrogen-bond donors (Lipinski definition) is 7. The van der Waals surface area contributed by atoms with Gasteiger partial charge in [-0.05, 0) is 23.6 Å². The van der Waals surface area contributed by atoms with Gasteiger partial charge in [-0.15, -0.1) is 0 Å². The van der Waals surface area contributed by atoms with Crippen molar-refractivity contribution in [2.24, 2.45) is 21.5 Å². The van der Waals surface area contributed by atoms with Crippen LogP contribution in [-0.2, 0) is 17.6 Å². The molecule has 1 saturated heterocycles. The minimum atomic E-state index is -2.96. The van der Waals surface area contributed by atoms with Gasteiger partial charge in [0.25, 0.3) is 11.8 Å². The van der Waals surface area contributed by atoms with Crippen molar-refractivity contribution in [2.75, 3.05) is 6.54 Å². The lowest BCUT2D eigenvalue weighted by Crippen LogP contribution is -2.78. The quantitative estimate of drug-likeness (QED) is 0.232. The molecule has 0 saturated carbocycles. The first kappa shape index (κ1) is 22.3. The molecule has 34 heavy (non-hydrogen) atoms. The predicted octanol–water partition coefficient (Wildman–Crippen LogP) is -2.33. The van der Waals surface area contributed by atoms with Gasteiger partial charge in [0.2, 0.25) is 5.79 Å². The monoisotopic (exact) mass is 479 g/mol. The van der Waals surface area contributed by atoms with E-state index >= 15 is 0 Å². The summed E-state index contributed by atoms with van der Waals surface area (Å²) in [6.45, 7) is -0.294. The van der Waals surface area contributed by atoms with Crippen LogP contribution in [0, 0.1) is 0 Å². The first-order chi connectivity index (χ1) is 15.9. The number of alkyl halides is 2. The number of halogens is 2. The smallest absolute Gasteiger partial charge is 0.331 e. The summed E-state index contributed by atoms with van der Waals surface area (Å²) in [6.07, 6.45) is -0.817. The molecule has 1 aliphatic carbocycles. The van der Waals surface area contributed by atoms with Gasteiger partial charge >= 0.3 is 5.97 Å². The van der Waals surface area contributed by atoms with Crippen LogP contribution in [0.5, 0.6) is 0 Å². The Morgan fingerprint density at radius 2 is 1.97 bits per heavy atom. The predicted molar refractivity (Wildman–Crippen MR) is 113 cm³/mol. The largest absolute Gasteiger partial charge is 0.480 e. The van der Waals surface area contributed by atoms with E-state index in [2.05, 4.69) is 20.6 Å². The number of nitrogens with one attached hydrogen (secondary N) is 2. The van der Waals surface area contributed by atoms with Crippen LogP contribution in [0.15, 0.2) is 28.2 Å². The van der Waals surface area contributed by atoms with Crippen LogP contribution in [0.4, 0.5) is 8.78 Å². The Balaban J connectivity index is 1.49. The number of hydrogen-bond acceptors (Lipinski definition) is 10. The zero-order chi connectivity index (χ0) is 24.6. The molecule has 14 heteroatoms. The molecule has 182 valence electrons. The van der Waals surface area contributed by atoms with Gasteiger partial charge in [-0.25, -0.2) is 23.6 Å². The molecular weight excluding hydrogens is 456 g/mol. The number of aliphatic imine (C=N–C) groups is 2. The summed E-state index contributed by atoms with van der Waals surface area (Å²) in [5, 5.41) is 37.2. The van der Waals surface area contributed by atoms with Gasteiger partial charge < -0.3 is 42.3 Å². The average Bonchev–Trinajstić information content (AvgIpc) is 3.21. The summed E-state index contributed by atoms with van der Waals surface area (Å²) in [5.74, 6) is -8.57. The average molecular weight is 479 g/mol. The molecule has 0 aromatic heterocycles. The molecule has 0 radical (unpaired) electrons. The fourth-order valence-electron chi connectivity index (χ4n) is 5.38. The first-order valence-corrected chi connectivity index (χ1v) is 10.6. The fourth-order valence-corrected chi connectivity index (χ4v) is 5.38. The maximum absolute atomic E-state index is 14.1. The molecule has 1 fully saturated rings. The third kappa shape index (κ3) is 2.94. The maximum atomic E-state index is 14.1. The number of fused-ring (bicyclic) bond motifs is 1. The molecule has 1 spiro atoms. The van der Waals surface area contributed by atoms with E-state index < -0.39 is 53.8 Å². The Kier molecular flexibility index (Phi) is 4.58. The molecule has 1 aromatic rings. The van der Waals surface area contributed by atoms with Gasteiger partial charge in [0, 0.05) is 24.9 Å². The van der Waals surface area contributed by atoms with Crippen LogP contribution >= 0.6 is 0 Å². The van der Waals surface area contributed by atoms with Crippen molar-refractivity contribution in [1.29, 1.82) is 0 Å². The summed E-state index contributed by atoms with van der Waals surface area (Å²) < 4.78 is 28.1. The van der Waals surface area contributed by atoms with Crippen LogP contribution < -0.4 is 22.1 Å². The second-order valence-corrected chi connectivity index (χ2v) is 8.96. The second kappa shape index (κ2) is 6.99. The number of amides is 1. The second-order valence-electron chi connectivity index (χ2n) is 8.96. The van der Waals surface area contributed by atoms with Gasteiger partial charge in [0.15, 0.2) is 23.6 Å².